The highest BCUT2D eigenvalue weighted by molar-refractivity contribution is 9.10. The van der Waals surface area contributed by atoms with Gasteiger partial charge in [0.1, 0.15) is 0 Å². The highest BCUT2D eigenvalue weighted by atomic mass is 79.9. The number of carbonyl (C=O) groups is 1. The Labute approximate surface area is 114 Å². The lowest BCUT2D eigenvalue weighted by molar-refractivity contribution is -0.116. The molecule has 17 heavy (non-hydrogen) atoms. The minimum absolute atomic E-state index is 0.0953. The molecule has 2 heterocycles. The first-order valence-corrected chi connectivity index (χ1v) is 7.38. The average molecular weight is 318 g/mol. The lowest BCUT2D eigenvalue weighted by atomic mass is 10.3. The van der Waals surface area contributed by atoms with Crippen LogP contribution in [0.25, 0.3) is 0 Å². The Hall–Kier alpha value is -0.430. The first-order chi connectivity index (χ1) is 8.24. The molecule has 0 radical (unpaired) electrons. The molecule has 1 aromatic rings. The first kappa shape index (κ1) is 13.0. The molecule has 2 N–H and O–H groups in total. The van der Waals surface area contributed by atoms with Gasteiger partial charge in [0, 0.05) is 49.0 Å². The van der Waals surface area contributed by atoms with Crippen molar-refractivity contribution in [2.45, 2.75) is 6.42 Å². The van der Waals surface area contributed by atoms with Crippen LogP contribution in [0.1, 0.15) is 6.42 Å². The summed E-state index contributed by atoms with van der Waals surface area (Å²) >= 11 is 4.90. The normalized spacial score (nSPS) is 17.0. The molecule has 0 atom stereocenters. The number of thiophene rings is 1. The fourth-order valence-corrected chi connectivity index (χ4v) is 3.11. The summed E-state index contributed by atoms with van der Waals surface area (Å²) in [5.74, 6) is 0.0953. The van der Waals surface area contributed by atoms with Crippen molar-refractivity contribution in [3.05, 3.63) is 15.9 Å². The largest absolute Gasteiger partial charge is 0.318 e. The molecule has 0 aliphatic carbocycles. The quantitative estimate of drug-likeness (QED) is 0.889. The minimum Gasteiger partial charge on any atom is -0.318 e. The molecule has 1 fully saturated rings. The zero-order valence-corrected chi connectivity index (χ0v) is 11.9. The second kappa shape index (κ2) is 6.49. The van der Waals surface area contributed by atoms with Crippen LogP contribution in [-0.4, -0.2) is 43.5 Å². The van der Waals surface area contributed by atoms with E-state index < -0.39 is 0 Å². The van der Waals surface area contributed by atoms with Crippen molar-refractivity contribution in [3.8, 4) is 0 Å². The van der Waals surface area contributed by atoms with Gasteiger partial charge in [-0.15, -0.1) is 11.3 Å². The number of halogens is 1. The van der Waals surface area contributed by atoms with E-state index in [1.807, 2.05) is 11.4 Å². The van der Waals surface area contributed by atoms with Crippen LogP contribution in [0.5, 0.6) is 0 Å². The number of amides is 1. The van der Waals surface area contributed by atoms with Gasteiger partial charge >= 0.3 is 0 Å². The molecule has 94 valence electrons. The van der Waals surface area contributed by atoms with Gasteiger partial charge in [0.25, 0.3) is 0 Å². The second-order valence-electron chi connectivity index (χ2n) is 4.02. The van der Waals surface area contributed by atoms with Crippen LogP contribution in [0.15, 0.2) is 15.9 Å². The number of anilines is 1. The van der Waals surface area contributed by atoms with Crippen LogP contribution < -0.4 is 10.6 Å². The van der Waals surface area contributed by atoms with Crippen LogP contribution in [0, 0.1) is 0 Å². The van der Waals surface area contributed by atoms with Gasteiger partial charge in [-0.3, -0.25) is 4.79 Å². The van der Waals surface area contributed by atoms with Crippen molar-refractivity contribution < 1.29 is 4.79 Å². The second-order valence-corrected chi connectivity index (χ2v) is 5.85. The maximum atomic E-state index is 11.7. The van der Waals surface area contributed by atoms with Crippen molar-refractivity contribution in [1.82, 2.24) is 10.2 Å². The molecule has 0 bridgehead atoms. The molecule has 4 nitrogen and oxygen atoms in total. The van der Waals surface area contributed by atoms with Crippen LogP contribution in [-0.2, 0) is 4.79 Å². The zero-order chi connectivity index (χ0) is 12.1. The van der Waals surface area contributed by atoms with E-state index in [4.69, 9.17) is 0 Å². The van der Waals surface area contributed by atoms with Gasteiger partial charge in [-0.1, -0.05) is 0 Å². The molecule has 6 heteroatoms. The maximum Gasteiger partial charge on any atom is 0.226 e. The molecule has 1 aliphatic heterocycles. The Bertz CT molecular complexity index is 377. The van der Waals surface area contributed by atoms with Crippen molar-refractivity contribution in [2.24, 2.45) is 0 Å². The van der Waals surface area contributed by atoms with Gasteiger partial charge in [0.15, 0.2) is 0 Å². The summed E-state index contributed by atoms with van der Waals surface area (Å²) in [7, 11) is 0. The van der Waals surface area contributed by atoms with E-state index in [1.54, 1.807) is 0 Å². The van der Waals surface area contributed by atoms with E-state index in [9.17, 15) is 4.79 Å². The summed E-state index contributed by atoms with van der Waals surface area (Å²) in [6, 6.07) is 1.92. The fourth-order valence-electron chi connectivity index (χ4n) is 1.77. The number of hydrogen-bond donors (Lipinski definition) is 2. The molecule has 0 saturated carbocycles. The van der Waals surface area contributed by atoms with Crippen LogP contribution in [0.2, 0.25) is 0 Å². The van der Waals surface area contributed by atoms with Crippen molar-refractivity contribution >= 4 is 38.2 Å². The van der Waals surface area contributed by atoms with E-state index in [1.165, 1.54) is 11.3 Å². The molecule has 1 aliphatic rings. The van der Waals surface area contributed by atoms with Gasteiger partial charge in [0.05, 0.1) is 5.00 Å². The first-order valence-electron chi connectivity index (χ1n) is 5.71. The van der Waals surface area contributed by atoms with Gasteiger partial charge in [-0.25, -0.2) is 0 Å². The third-order valence-electron chi connectivity index (χ3n) is 2.69. The molecule has 1 aromatic heterocycles. The Balaban J connectivity index is 1.70. The van der Waals surface area contributed by atoms with Crippen molar-refractivity contribution in [1.29, 1.82) is 0 Å². The third kappa shape index (κ3) is 4.39. The molecule has 0 aromatic carbocycles. The van der Waals surface area contributed by atoms with Crippen molar-refractivity contribution in [3.63, 3.8) is 0 Å². The SMILES string of the molecule is O=C(CCN1CCNCC1)Nc1cc(Br)cs1. The monoisotopic (exact) mass is 317 g/mol. The molecular formula is C11H16BrN3OS. The van der Waals surface area contributed by atoms with Crippen LogP contribution >= 0.6 is 27.3 Å². The predicted molar refractivity (Wildman–Crippen MR) is 74.6 cm³/mol. The maximum absolute atomic E-state index is 11.7. The zero-order valence-electron chi connectivity index (χ0n) is 9.54. The fraction of sp³-hybridized carbons (Fsp3) is 0.545. The minimum atomic E-state index is 0.0953. The Morgan fingerprint density at radius 1 is 1.53 bits per heavy atom. The Kier molecular flexibility index (Phi) is 4.97. The van der Waals surface area contributed by atoms with Gasteiger partial charge < -0.3 is 15.5 Å². The summed E-state index contributed by atoms with van der Waals surface area (Å²) in [5.41, 5.74) is 0. The van der Waals surface area contributed by atoms with E-state index >= 15 is 0 Å². The van der Waals surface area contributed by atoms with E-state index in [0.717, 1.165) is 42.2 Å². The van der Waals surface area contributed by atoms with Gasteiger partial charge in [-0.2, -0.15) is 0 Å². The average Bonchev–Trinajstić information content (AvgIpc) is 2.73. The molecule has 1 amide bonds. The Morgan fingerprint density at radius 3 is 2.94 bits per heavy atom. The smallest absolute Gasteiger partial charge is 0.226 e. The summed E-state index contributed by atoms with van der Waals surface area (Å²) < 4.78 is 1.01. The van der Waals surface area contributed by atoms with Gasteiger partial charge in [0.2, 0.25) is 5.91 Å². The highest BCUT2D eigenvalue weighted by Gasteiger charge is 2.11. The standard InChI is InChI=1S/C11H16BrN3OS/c12-9-7-11(17-8-9)14-10(16)1-4-15-5-2-13-3-6-15/h7-8,13H,1-6H2,(H,14,16). The summed E-state index contributed by atoms with van der Waals surface area (Å²) in [4.78, 5) is 14.0. The Morgan fingerprint density at radius 2 is 2.29 bits per heavy atom. The molecule has 2 rings (SSSR count). The summed E-state index contributed by atoms with van der Waals surface area (Å²) in [6.45, 7) is 4.98. The molecule has 0 spiro atoms. The lowest BCUT2D eigenvalue weighted by Crippen LogP contribution is -2.44. The number of hydrogen-bond acceptors (Lipinski definition) is 4. The topological polar surface area (TPSA) is 44.4 Å². The van der Waals surface area contributed by atoms with E-state index in [-0.39, 0.29) is 5.91 Å². The predicted octanol–water partition coefficient (Wildman–Crippen LogP) is 1.74. The van der Waals surface area contributed by atoms with Gasteiger partial charge in [-0.05, 0) is 22.0 Å². The molecule has 0 unspecified atom stereocenters. The third-order valence-corrected chi connectivity index (χ3v) is 4.30. The van der Waals surface area contributed by atoms with Crippen LogP contribution in [0.4, 0.5) is 5.00 Å². The number of nitrogens with one attached hydrogen (secondary N) is 2. The summed E-state index contributed by atoms with van der Waals surface area (Å²) in [5, 5.41) is 9.08. The number of nitrogens with zero attached hydrogens (tertiary/aromatic N) is 1. The molecule has 1 saturated heterocycles. The van der Waals surface area contributed by atoms with Crippen molar-refractivity contribution in [2.75, 3.05) is 38.0 Å². The number of rotatable bonds is 4. The number of carbonyl (C=O) groups excluding carboxylic acids is 1. The highest BCUT2D eigenvalue weighted by Crippen LogP contribution is 2.24. The van der Waals surface area contributed by atoms with E-state index in [2.05, 4.69) is 31.5 Å². The van der Waals surface area contributed by atoms with Crippen LogP contribution in [0.3, 0.4) is 0 Å². The van der Waals surface area contributed by atoms with E-state index in [0.29, 0.717) is 6.42 Å². The number of piperazine rings is 1. The summed E-state index contributed by atoms with van der Waals surface area (Å²) in [6.07, 6.45) is 0.565. The molecular weight excluding hydrogens is 302 g/mol. The lowest BCUT2D eigenvalue weighted by Gasteiger charge is -2.26.